The van der Waals surface area contributed by atoms with Gasteiger partial charge in [-0.1, -0.05) is 43.5 Å². The summed E-state index contributed by atoms with van der Waals surface area (Å²) in [5.41, 5.74) is 4.03. The second-order valence-corrected chi connectivity index (χ2v) is 6.31. The van der Waals surface area contributed by atoms with Gasteiger partial charge >= 0.3 is 0 Å². The molecule has 0 atom stereocenters. The molecule has 0 amide bonds. The quantitative estimate of drug-likeness (QED) is 0.738. The SMILES string of the molecule is C=CC=C(C)c1ccc2c(N3CCOCC3)nc(C(=C)C=CC)nc2c1. The van der Waals surface area contributed by atoms with E-state index in [-0.39, 0.29) is 0 Å². The fourth-order valence-corrected chi connectivity index (χ4v) is 3.07. The maximum atomic E-state index is 5.50. The van der Waals surface area contributed by atoms with E-state index in [1.807, 2.05) is 25.2 Å². The van der Waals surface area contributed by atoms with Gasteiger partial charge in [-0.05, 0) is 37.1 Å². The summed E-state index contributed by atoms with van der Waals surface area (Å²) >= 11 is 0. The van der Waals surface area contributed by atoms with Crippen molar-refractivity contribution in [3.63, 3.8) is 0 Å². The van der Waals surface area contributed by atoms with Crippen molar-refractivity contribution in [2.45, 2.75) is 13.8 Å². The second-order valence-electron chi connectivity index (χ2n) is 6.31. The monoisotopic (exact) mass is 347 g/mol. The van der Waals surface area contributed by atoms with E-state index >= 15 is 0 Å². The lowest BCUT2D eigenvalue weighted by Crippen LogP contribution is -2.37. The first kappa shape index (κ1) is 18.1. The van der Waals surface area contributed by atoms with Gasteiger partial charge in [-0.15, -0.1) is 0 Å². The maximum Gasteiger partial charge on any atom is 0.161 e. The van der Waals surface area contributed by atoms with Crippen LogP contribution in [0.25, 0.3) is 22.0 Å². The minimum absolute atomic E-state index is 0.666. The predicted octanol–water partition coefficient (Wildman–Crippen LogP) is 4.65. The van der Waals surface area contributed by atoms with Gasteiger partial charge in [0.05, 0.1) is 18.7 Å². The number of hydrogen-bond donors (Lipinski definition) is 0. The molecule has 4 nitrogen and oxygen atoms in total. The Morgan fingerprint density at radius 1 is 1.23 bits per heavy atom. The average Bonchev–Trinajstić information content (AvgIpc) is 2.67. The van der Waals surface area contributed by atoms with Crippen molar-refractivity contribution in [3.05, 3.63) is 67.0 Å². The lowest BCUT2D eigenvalue weighted by Gasteiger charge is -2.29. The standard InChI is InChI=1S/C22H25N3O/c1-5-7-16(3)18-9-10-19-20(15-18)23-21(17(4)8-6-2)24-22(19)25-11-13-26-14-12-25/h5-10,15H,1,4,11-14H2,2-3H3. The Balaban J connectivity index is 2.17. The molecule has 1 aromatic heterocycles. The molecule has 1 saturated heterocycles. The summed E-state index contributed by atoms with van der Waals surface area (Å²) in [6.07, 6.45) is 7.71. The van der Waals surface area contributed by atoms with E-state index in [2.05, 4.69) is 43.2 Å². The topological polar surface area (TPSA) is 38.2 Å². The Morgan fingerprint density at radius 2 is 2.00 bits per heavy atom. The molecule has 0 bridgehead atoms. The molecule has 0 aliphatic carbocycles. The van der Waals surface area contributed by atoms with E-state index in [0.717, 1.165) is 59.7 Å². The lowest BCUT2D eigenvalue weighted by atomic mass is 10.0. The summed E-state index contributed by atoms with van der Waals surface area (Å²) in [6.45, 7) is 15.0. The molecule has 0 radical (unpaired) electrons. The molecule has 0 unspecified atom stereocenters. The van der Waals surface area contributed by atoms with E-state index in [1.165, 1.54) is 0 Å². The summed E-state index contributed by atoms with van der Waals surface area (Å²) < 4.78 is 5.50. The van der Waals surface area contributed by atoms with Crippen LogP contribution < -0.4 is 4.90 Å². The van der Waals surface area contributed by atoms with E-state index in [9.17, 15) is 0 Å². The summed E-state index contributed by atoms with van der Waals surface area (Å²) in [4.78, 5) is 11.9. The minimum Gasteiger partial charge on any atom is -0.378 e. The van der Waals surface area contributed by atoms with Gasteiger partial charge in [-0.3, -0.25) is 0 Å². The molecular weight excluding hydrogens is 322 g/mol. The van der Waals surface area contributed by atoms with E-state index in [0.29, 0.717) is 5.82 Å². The third kappa shape index (κ3) is 3.75. The van der Waals surface area contributed by atoms with Crippen LogP contribution in [-0.4, -0.2) is 36.3 Å². The zero-order valence-corrected chi connectivity index (χ0v) is 15.5. The zero-order chi connectivity index (χ0) is 18.5. The van der Waals surface area contributed by atoms with Crippen LogP contribution in [0, 0.1) is 0 Å². The highest BCUT2D eigenvalue weighted by atomic mass is 16.5. The second kappa shape index (κ2) is 8.11. The van der Waals surface area contributed by atoms with Crippen molar-refractivity contribution in [2.75, 3.05) is 31.2 Å². The predicted molar refractivity (Wildman–Crippen MR) is 110 cm³/mol. The molecule has 134 valence electrons. The Morgan fingerprint density at radius 3 is 2.69 bits per heavy atom. The molecule has 0 saturated carbocycles. The smallest absolute Gasteiger partial charge is 0.161 e. The van der Waals surface area contributed by atoms with Crippen molar-refractivity contribution in [3.8, 4) is 0 Å². The number of ether oxygens (including phenoxy) is 1. The fraction of sp³-hybridized carbons (Fsp3) is 0.273. The van der Waals surface area contributed by atoms with Gasteiger partial charge in [-0.25, -0.2) is 9.97 Å². The number of hydrogen-bond acceptors (Lipinski definition) is 4. The first-order valence-electron chi connectivity index (χ1n) is 8.90. The minimum atomic E-state index is 0.666. The number of nitrogens with zero attached hydrogens (tertiary/aromatic N) is 3. The van der Waals surface area contributed by atoms with Crippen LogP contribution in [0.3, 0.4) is 0 Å². The third-order valence-corrected chi connectivity index (χ3v) is 4.47. The average molecular weight is 347 g/mol. The molecule has 1 aliphatic heterocycles. The first-order valence-corrected chi connectivity index (χ1v) is 8.90. The van der Waals surface area contributed by atoms with Gasteiger partial charge in [0.25, 0.3) is 0 Å². The maximum absolute atomic E-state index is 5.50. The van der Waals surface area contributed by atoms with Crippen LogP contribution in [0.4, 0.5) is 5.82 Å². The molecule has 4 heteroatoms. The van der Waals surface area contributed by atoms with Crippen LogP contribution in [0.15, 0.2) is 55.7 Å². The summed E-state index contributed by atoms with van der Waals surface area (Å²) in [7, 11) is 0. The molecule has 3 rings (SSSR count). The fourth-order valence-electron chi connectivity index (χ4n) is 3.07. The van der Waals surface area contributed by atoms with Gasteiger partial charge in [0.1, 0.15) is 5.82 Å². The highest BCUT2D eigenvalue weighted by Gasteiger charge is 2.18. The summed E-state index contributed by atoms with van der Waals surface area (Å²) in [5, 5.41) is 1.05. The van der Waals surface area contributed by atoms with Gasteiger partial charge in [-0.2, -0.15) is 0 Å². The van der Waals surface area contributed by atoms with E-state index in [1.54, 1.807) is 6.08 Å². The number of rotatable bonds is 5. The number of anilines is 1. The number of benzene rings is 1. The highest BCUT2D eigenvalue weighted by Crippen LogP contribution is 2.29. The Bertz CT molecular complexity index is 890. The van der Waals surface area contributed by atoms with Crippen LogP contribution in [0.2, 0.25) is 0 Å². The van der Waals surface area contributed by atoms with Crippen molar-refractivity contribution in [1.29, 1.82) is 0 Å². The molecule has 2 heterocycles. The number of morpholine rings is 1. The molecule has 2 aromatic rings. The normalized spacial score (nSPS) is 15.6. The molecule has 1 aliphatic rings. The number of allylic oxidation sites excluding steroid dienone is 6. The molecular formula is C22H25N3O. The Hall–Kier alpha value is -2.72. The molecule has 1 fully saturated rings. The molecule has 1 aromatic carbocycles. The van der Waals surface area contributed by atoms with Gasteiger partial charge in [0.2, 0.25) is 0 Å². The lowest BCUT2D eigenvalue weighted by molar-refractivity contribution is 0.122. The van der Waals surface area contributed by atoms with Crippen molar-refractivity contribution in [2.24, 2.45) is 0 Å². The largest absolute Gasteiger partial charge is 0.378 e. The van der Waals surface area contributed by atoms with Crippen LogP contribution in [0.1, 0.15) is 25.2 Å². The summed E-state index contributed by atoms with van der Waals surface area (Å²) in [5.74, 6) is 1.62. The van der Waals surface area contributed by atoms with Gasteiger partial charge < -0.3 is 9.64 Å². The zero-order valence-electron chi connectivity index (χ0n) is 15.5. The van der Waals surface area contributed by atoms with Crippen LogP contribution >= 0.6 is 0 Å². The molecule has 26 heavy (non-hydrogen) atoms. The van der Waals surface area contributed by atoms with E-state index in [4.69, 9.17) is 14.7 Å². The van der Waals surface area contributed by atoms with Gasteiger partial charge in [0, 0.05) is 24.0 Å². The Labute approximate surface area is 155 Å². The van der Waals surface area contributed by atoms with Gasteiger partial charge in [0.15, 0.2) is 5.82 Å². The summed E-state index contributed by atoms with van der Waals surface area (Å²) in [6, 6.07) is 6.34. The number of fused-ring (bicyclic) bond motifs is 1. The Kier molecular flexibility index (Phi) is 5.64. The third-order valence-electron chi connectivity index (χ3n) is 4.47. The van der Waals surface area contributed by atoms with Crippen LogP contribution in [0.5, 0.6) is 0 Å². The van der Waals surface area contributed by atoms with Crippen molar-refractivity contribution < 1.29 is 4.74 Å². The highest BCUT2D eigenvalue weighted by molar-refractivity contribution is 5.93. The molecule has 0 N–H and O–H groups in total. The number of aromatic nitrogens is 2. The first-order chi connectivity index (χ1) is 12.6. The van der Waals surface area contributed by atoms with E-state index < -0.39 is 0 Å². The van der Waals surface area contributed by atoms with Crippen molar-refractivity contribution >= 4 is 27.9 Å². The van der Waals surface area contributed by atoms with Crippen LogP contribution in [-0.2, 0) is 4.74 Å². The van der Waals surface area contributed by atoms with Crippen molar-refractivity contribution in [1.82, 2.24) is 9.97 Å². The molecule has 0 spiro atoms.